The highest BCUT2D eigenvalue weighted by Gasteiger charge is 2.22. The van der Waals surface area contributed by atoms with Crippen molar-refractivity contribution in [1.29, 1.82) is 0 Å². The van der Waals surface area contributed by atoms with Crippen LogP contribution in [0, 0.1) is 0 Å². The fraction of sp³-hybridized carbons (Fsp3) is 0.421. The second-order valence-electron chi connectivity index (χ2n) is 6.71. The smallest absolute Gasteiger partial charge is 0.272 e. The minimum Gasteiger partial charge on any atom is -0.272 e. The minimum atomic E-state index is -0.511. The second kappa shape index (κ2) is 9.01. The van der Waals surface area contributed by atoms with Crippen LogP contribution < -0.4 is 16.7 Å². The van der Waals surface area contributed by atoms with Gasteiger partial charge in [-0.3, -0.25) is 14.2 Å². The quantitative estimate of drug-likeness (QED) is 0.603. The zero-order chi connectivity index (χ0) is 20.1. The van der Waals surface area contributed by atoms with Gasteiger partial charge in [0.2, 0.25) is 5.91 Å². The van der Waals surface area contributed by atoms with Crippen LogP contribution in [0.2, 0.25) is 0 Å². The number of carbonyl (C=O) groups is 1. The van der Waals surface area contributed by atoms with Gasteiger partial charge in [-0.15, -0.1) is 0 Å². The van der Waals surface area contributed by atoms with E-state index in [1.807, 2.05) is 18.2 Å². The van der Waals surface area contributed by atoms with Crippen molar-refractivity contribution in [2.75, 3.05) is 5.75 Å². The molecule has 28 heavy (non-hydrogen) atoms. The molecule has 3 rings (SSSR count). The van der Waals surface area contributed by atoms with E-state index in [1.165, 1.54) is 19.7 Å². The van der Waals surface area contributed by atoms with Gasteiger partial charge in [0.05, 0.1) is 5.75 Å². The van der Waals surface area contributed by atoms with Crippen LogP contribution in [0.25, 0.3) is 0 Å². The summed E-state index contributed by atoms with van der Waals surface area (Å²) in [5, 5.41) is 8.40. The Morgan fingerprint density at radius 2 is 2.00 bits per heavy atom. The molecule has 0 unspecified atom stereocenters. The van der Waals surface area contributed by atoms with E-state index < -0.39 is 11.2 Å². The maximum atomic E-state index is 12.2. The third-order valence-electron chi connectivity index (χ3n) is 4.74. The molecular formula is C19H23N5O3S. The molecule has 1 aliphatic carbocycles. The van der Waals surface area contributed by atoms with E-state index in [9.17, 15) is 14.4 Å². The summed E-state index contributed by atoms with van der Waals surface area (Å²) >= 11 is 0.991. The Bertz CT molecular complexity index is 997. The lowest BCUT2D eigenvalue weighted by molar-refractivity contribution is -0.118. The van der Waals surface area contributed by atoms with E-state index in [0.717, 1.165) is 52.4 Å². The predicted octanol–water partition coefficient (Wildman–Crippen LogP) is 1.40. The summed E-state index contributed by atoms with van der Waals surface area (Å²) < 4.78 is 2.05. The van der Waals surface area contributed by atoms with Gasteiger partial charge in [0.1, 0.15) is 0 Å². The number of benzene rings is 1. The average molecular weight is 401 g/mol. The summed E-state index contributed by atoms with van der Waals surface area (Å²) in [6.45, 7) is 0. The van der Waals surface area contributed by atoms with E-state index >= 15 is 0 Å². The first kappa shape index (κ1) is 20.1. The number of rotatable bonds is 5. The van der Waals surface area contributed by atoms with Gasteiger partial charge in [0.15, 0.2) is 5.03 Å². The Morgan fingerprint density at radius 3 is 2.75 bits per heavy atom. The average Bonchev–Trinajstić information content (AvgIpc) is 2.73. The van der Waals surface area contributed by atoms with Crippen molar-refractivity contribution in [3.63, 3.8) is 0 Å². The van der Waals surface area contributed by atoms with Crippen LogP contribution in [-0.2, 0) is 18.9 Å². The third kappa shape index (κ3) is 4.59. The summed E-state index contributed by atoms with van der Waals surface area (Å²) in [4.78, 5) is 35.9. The molecule has 1 amide bonds. The number of aromatic nitrogens is 3. The molecule has 1 saturated carbocycles. The molecule has 8 nitrogen and oxygen atoms in total. The Kier molecular flexibility index (Phi) is 6.45. The summed E-state index contributed by atoms with van der Waals surface area (Å²) in [7, 11) is 2.85. The molecule has 0 spiro atoms. The Hall–Kier alpha value is -2.68. The number of nitrogens with one attached hydrogen (secondary N) is 1. The molecule has 0 aliphatic heterocycles. The van der Waals surface area contributed by atoms with Crippen molar-refractivity contribution in [1.82, 2.24) is 19.8 Å². The van der Waals surface area contributed by atoms with Gasteiger partial charge < -0.3 is 0 Å². The molecule has 2 aromatic rings. The molecule has 1 N–H and O–H groups in total. The van der Waals surface area contributed by atoms with E-state index in [4.69, 9.17) is 0 Å². The maximum absolute atomic E-state index is 12.2. The molecular weight excluding hydrogens is 378 g/mol. The Morgan fingerprint density at radius 1 is 1.25 bits per heavy atom. The van der Waals surface area contributed by atoms with Crippen LogP contribution >= 0.6 is 11.8 Å². The summed E-state index contributed by atoms with van der Waals surface area (Å²) in [5.74, 6) is -0.0964. The van der Waals surface area contributed by atoms with Crippen LogP contribution in [-0.4, -0.2) is 31.7 Å². The van der Waals surface area contributed by atoms with Gasteiger partial charge in [-0.2, -0.15) is 10.2 Å². The number of hydrogen-bond acceptors (Lipinski definition) is 6. The first-order valence-electron chi connectivity index (χ1n) is 9.14. The highest BCUT2D eigenvalue weighted by Crippen LogP contribution is 2.30. The number of nitrogens with zero attached hydrogens (tertiary/aromatic N) is 4. The first-order chi connectivity index (χ1) is 13.5. The van der Waals surface area contributed by atoms with Crippen LogP contribution in [0.3, 0.4) is 0 Å². The highest BCUT2D eigenvalue weighted by atomic mass is 32.2. The van der Waals surface area contributed by atoms with Crippen molar-refractivity contribution in [2.24, 2.45) is 19.2 Å². The monoisotopic (exact) mass is 401 g/mol. The molecule has 1 heterocycles. The molecule has 1 atom stereocenters. The van der Waals surface area contributed by atoms with Crippen molar-refractivity contribution in [3.05, 3.63) is 56.7 Å². The number of amides is 1. The van der Waals surface area contributed by atoms with Gasteiger partial charge in [-0.25, -0.2) is 14.9 Å². The maximum Gasteiger partial charge on any atom is 0.346 e. The van der Waals surface area contributed by atoms with Gasteiger partial charge in [-0.05, 0) is 24.8 Å². The molecule has 148 valence electrons. The fourth-order valence-electron chi connectivity index (χ4n) is 3.23. The molecule has 1 aromatic carbocycles. The predicted molar refractivity (Wildman–Crippen MR) is 109 cm³/mol. The summed E-state index contributed by atoms with van der Waals surface area (Å²) in [5.41, 5.74) is 3.78. The number of aryl methyl sites for hydroxylation is 1. The normalized spacial score (nSPS) is 18.2. The highest BCUT2D eigenvalue weighted by molar-refractivity contribution is 7.99. The molecule has 1 fully saturated rings. The molecule has 0 bridgehead atoms. The number of hydrazone groups is 1. The van der Waals surface area contributed by atoms with E-state index in [2.05, 4.69) is 27.8 Å². The van der Waals surface area contributed by atoms with Crippen LogP contribution in [0.5, 0.6) is 0 Å². The summed E-state index contributed by atoms with van der Waals surface area (Å²) in [6, 6.07) is 10.2. The zero-order valence-corrected chi connectivity index (χ0v) is 16.7. The molecule has 1 aliphatic rings. The van der Waals surface area contributed by atoms with Crippen LogP contribution in [0.4, 0.5) is 0 Å². The van der Waals surface area contributed by atoms with Crippen LogP contribution in [0.15, 0.2) is 50.0 Å². The minimum absolute atomic E-state index is 0.00672. The fourth-order valence-corrected chi connectivity index (χ4v) is 4.01. The van der Waals surface area contributed by atoms with E-state index in [1.54, 1.807) is 0 Å². The lowest BCUT2D eigenvalue weighted by atomic mass is 9.82. The zero-order valence-electron chi connectivity index (χ0n) is 15.9. The standard InChI is InChI=1S/C19H23N5O3S/c1-23-18(26)17(22-24(2)19(23)27)28-12-16(25)21-20-15-11-7-6-10-14(15)13-8-4-3-5-9-13/h3-5,8-9,14H,6-7,10-12H2,1-2H3,(H,21,25)/b20-15-/t14-/m0/s1. The molecule has 9 heteroatoms. The largest absolute Gasteiger partial charge is 0.346 e. The van der Waals surface area contributed by atoms with Gasteiger partial charge in [-0.1, -0.05) is 48.5 Å². The van der Waals surface area contributed by atoms with Gasteiger partial charge >= 0.3 is 5.69 Å². The van der Waals surface area contributed by atoms with Gasteiger partial charge in [0, 0.05) is 25.7 Å². The van der Waals surface area contributed by atoms with Gasteiger partial charge in [0.25, 0.3) is 5.56 Å². The Labute approximate surface area is 166 Å². The molecule has 1 aromatic heterocycles. The topological polar surface area (TPSA) is 98.3 Å². The number of thioether (sulfide) groups is 1. The van der Waals surface area contributed by atoms with Crippen molar-refractivity contribution in [2.45, 2.75) is 36.6 Å². The molecule has 0 saturated heterocycles. The van der Waals surface area contributed by atoms with Crippen LogP contribution in [0.1, 0.15) is 37.2 Å². The van der Waals surface area contributed by atoms with Crippen molar-refractivity contribution in [3.8, 4) is 0 Å². The van der Waals surface area contributed by atoms with E-state index in [-0.39, 0.29) is 22.6 Å². The lowest BCUT2D eigenvalue weighted by Gasteiger charge is -2.24. The Balaban J connectivity index is 1.65. The first-order valence-corrected chi connectivity index (χ1v) is 10.1. The van der Waals surface area contributed by atoms with Crippen molar-refractivity contribution < 1.29 is 4.79 Å². The third-order valence-corrected chi connectivity index (χ3v) is 5.67. The molecule has 0 radical (unpaired) electrons. The van der Waals surface area contributed by atoms with Crippen molar-refractivity contribution >= 4 is 23.4 Å². The van der Waals surface area contributed by atoms with E-state index in [0.29, 0.717) is 0 Å². The lowest BCUT2D eigenvalue weighted by Crippen LogP contribution is -2.39. The SMILES string of the molecule is Cn1nc(SCC(=O)N/N=C2/CCCC[C@H]2c2ccccc2)c(=O)n(C)c1=O. The second-order valence-corrected chi connectivity index (χ2v) is 7.68. The summed E-state index contributed by atoms with van der Waals surface area (Å²) in [6.07, 6.45) is 4.08. The number of hydrogen-bond donors (Lipinski definition) is 1. The number of carbonyl (C=O) groups excluding carboxylic acids is 1.